The fraction of sp³-hybridized carbons (Fsp3) is 0.486. The van der Waals surface area contributed by atoms with Gasteiger partial charge < -0.3 is 29.5 Å². The van der Waals surface area contributed by atoms with Crippen LogP contribution in [-0.4, -0.2) is 135 Å². The minimum absolute atomic E-state index is 0.185. The molecule has 2 saturated heterocycles. The van der Waals surface area contributed by atoms with Crippen molar-refractivity contribution >= 4 is 47.2 Å². The quantitative estimate of drug-likeness (QED) is 0.148. The van der Waals surface area contributed by atoms with Gasteiger partial charge in [0, 0.05) is 68.1 Å². The third-order valence-electron chi connectivity index (χ3n) is 8.24. The van der Waals surface area contributed by atoms with Crippen molar-refractivity contribution in [3.63, 3.8) is 0 Å². The summed E-state index contributed by atoms with van der Waals surface area (Å²) in [5.74, 6) is -5.89. The highest BCUT2D eigenvalue weighted by Gasteiger charge is 2.39. The maximum Gasteiger partial charge on any atom is 0.490 e. The van der Waals surface area contributed by atoms with Crippen molar-refractivity contribution in [3.05, 3.63) is 65.1 Å². The zero-order valence-electron chi connectivity index (χ0n) is 31.0. The van der Waals surface area contributed by atoms with Crippen LogP contribution in [0.25, 0.3) is 11.3 Å². The predicted octanol–water partition coefficient (Wildman–Crippen LogP) is 7.00. The molecule has 2 aliphatic heterocycles. The summed E-state index contributed by atoms with van der Waals surface area (Å²) in [6.07, 6.45) is -9.97. The van der Waals surface area contributed by atoms with Gasteiger partial charge in [0.05, 0.1) is 5.69 Å². The minimum atomic E-state index is -5.08. The van der Waals surface area contributed by atoms with E-state index in [1.807, 2.05) is 47.4 Å². The fourth-order valence-electron chi connectivity index (χ4n) is 5.18. The molecule has 0 unspecified atom stereocenters. The average Bonchev–Trinajstić information content (AvgIpc) is 3.57. The van der Waals surface area contributed by atoms with E-state index in [0.29, 0.717) is 28.8 Å². The van der Waals surface area contributed by atoms with Crippen LogP contribution in [0.3, 0.4) is 0 Å². The second-order valence-electron chi connectivity index (χ2n) is 12.7. The third-order valence-corrected chi connectivity index (χ3v) is 9.35. The summed E-state index contributed by atoms with van der Waals surface area (Å²) in [5, 5.41) is 22.6. The molecular weight excluding hydrogens is 857 g/mol. The Kier molecular flexibility index (Phi) is 19.9. The highest BCUT2D eigenvalue weighted by Crippen LogP contribution is 2.32. The van der Waals surface area contributed by atoms with Crippen molar-refractivity contribution in [2.75, 3.05) is 52.9 Å². The Labute approximate surface area is 340 Å². The zero-order chi connectivity index (χ0) is 44.6. The molecule has 0 aliphatic carbocycles. The number of aryl methyl sites for hydroxylation is 1. The Hall–Kier alpha value is -4.61. The Morgan fingerprint density at radius 1 is 0.797 bits per heavy atom. The summed E-state index contributed by atoms with van der Waals surface area (Å²) in [7, 11) is 2.21. The molecule has 2 aromatic heterocycles. The lowest BCUT2D eigenvalue weighted by molar-refractivity contribution is -0.193. The van der Waals surface area contributed by atoms with Gasteiger partial charge in [0.1, 0.15) is 11.5 Å². The van der Waals surface area contributed by atoms with Crippen LogP contribution in [0.15, 0.2) is 58.3 Å². The monoisotopic (exact) mass is 895 g/mol. The Morgan fingerprint density at radius 3 is 1.76 bits per heavy atom. The summed E-state index contributed by atoms with van der Waals surface area (Å²) < 4.78 is 101. The molecule has 3 N–H and O–H groups in total. The number of hydrogen-bond acceptors (Lipinski definition) is 10. The van der Waals surface area contributed by atoms with E-state index < -0.39 is 36.4 Å². The highest BCUT2D eigenvalue weighted by molar-refractivity contribution is 7.98. The number of carbonyl (C=O) groups excluding carboxylic acids is 1. The van der Waals surface area contributed by atoms with E-state index >= 15 is 0 Å². The molecule has 3 aromatic rings. The average molecular weight is 896 g/mol. The molecule has 2 fully saturated rings. The van der Waals surface area contributed by atoms with Gasteiger partial charge in [-0.05, 0) is 63.2 Å². The van der Waals surface area contributed by atoms with Gasteiger partial charge in [0.15, 0.2) is 0 Å². The van der Waals surface area contributed by atoms with E-state index in [4.69, 9.17) is 50.7 Å². The summed E-state index contributed by atoms with van der Waals surface area (Å²) in [6, 6.07) is 13.5. The largest absolute Gasteiger partial charge is 0.490 e. The minimum Gasteiger partial charge on any atom is -0.475 e. The summed E-state index contributed by atoms with van der Waals surface area (Å²) in [4.78, 5) is 55.9. The number of pyridine rings is 1. The second kappa shape index (κ2) is 23.3. The van der Waals surface area contributed by atoms with Crippen LogP contribution in [0.1, 0.15) is 30.7 Å². The number of benzene rings is 1. The number of carboxylic acids is 3. The van der Waals surface area contributed by atoms with Crippen LogP contribution < -0.4 is 0 Å². The van der Waals surface area contributed by atoms with Crippen LogP contribution in [0.2, 0.25) is 5.02 Å². The van der Waals surface area contributed by atoms with Gasteiger partial charge in [-0.25, -0.2) is 19.4 Å². The van der Waals surface area contributed by atoms with Crippen LogP contribution in [0.5, 0.6) is 0 Å². The van der Waals surface area contributed by atoms with Crippen LogP contribution >= 0.6 is 23.4 Å². The molecule has 24 heteroatoms. The van der Waals surface area contributed by atoms with Gasteiger partial charge in [0.2, 0.25) is 5.91 Å². The van der Waals surface area contributed by atoms with Crippen LogP contribution in [0, 0.1) is 5.92 Å². The van der Waals surface area contributed by atoms with E-state index in [0.717, 1.165) is 61.4 Å². The van der Waals surface area contributed by atoms with E-state index in [2.05, 4.69) is 21.8 Å². The molecule has 13 nitrogen and oxygen atoms in total. The second-order valence-corrected chi connectivity index (χ2v) is 14.1. The molecule has 1 aromatic carbocycles. The standard InChI is InChI=1S/C29H36ClN5O2S.3C2HF3O2/c1-33-14-11-22(12-15-33)20-34-16-18-35(19-17-34)27(36)10-9-26-28(23-5-7-24(30)8-6-23)32-29(37-26)38-21-25-4-2-3-13-31-25;3*3-2(4,5)1(6)7/h2-8,13,22H,9-12,14-21H2,1H3;3*(H,6,7). The van der Waals surface area contributed by atoms with Crippen molar-refractivity contribution in [2.45, 2.75) is 55.2 Å². The first-order chi connectivity index (χ1) is 27.4. The Morgan fingerprint density at radius 2 is 1.31 bits per heavy atom. The van der Waals surface area contributed by atoms with Crippen molar-refractivity contribution in [2.24, 2.45) is 5.92 Å². The maximum absolute atomic E-state index is 13.1. The number of aliphatic carboxylic acids is 3. The number of hydrogen-bond donors (Lipinski definition) is 3. The smallest absolute Gasteiger partial charge is 0.475 e. The molecule has 4 heterocycles. The fourth-order valence-corrected chi connectivity index (χ4v) is 6.07. The molecule has 328 valence electrons. The van der Waals surface area contributed by atoms with Crippen LogP contribution in [-0.2, 0) is 31.4 Å². The van der Waals surface area contributed by atoms with Crippen molar-refractivity contribution in [1.82, 2.24) is 24.7 Å². The number of piperidine rings is 1. The number of amides is 1. The number of thioether (sulfide) groups is 1. The lowest BCUT2D eigenvalue weighted by Crippen LogP contribution is -2.50. The molecule has 2 aliphatic rings. The van der Waals surface area contributed by atoms with Gasteiger partial charge >= 0.3 is 36.4 Å². The number of oxazole rings is 1. The number of aromatic nitrogens is 2. The first kappa shape index (κ1) is 50.5. The summed E-state index contributed by atoms with van der Waals surface area (Å²) in [6.45, 7) is 7.10. The number of rotatable bonds is 9. The number of carbonyl (C=O) groups is 4. The zero-order valence-corrected chi connectivity index (χ0v) is 32.6. The number of nitrogens with zero attached hydrogens (tertiary/aromatic N) is 5. The topological polar surface area (TPSA) is 178 Å². The molecule has 1 amide bonds. The molecule has 0 radical (unpaired) electrons. The number of likely N-dealkylation sites (tertiary alicyclic amines) is 1. The molecule has 0 spiro atoms. The molecule has 0 saturated carbocycles. The lowest BCUT2D eigenvalue weighted by Gasteiger charge is -2.38. The van der Waals surface area contributed by atoms with Gasteiger partial charge in [-0.3, -0.25) is 14.7 Å². The van der Waals surface area contributed by atoms with Crippen molar-refractivity contribution in [1.29, 1.82) is 0 Å². The summed E-state index contributed by atoms with van der Waals surface area (Å²) in [5.41, 5.74) is 2.68. The number of carboxylic acid groups (broad SMARTS) is 3. The third kappa shape index (κ3) is 19.3. The van der Waals surface area contributed by atoms with Gasteiger partial charge in [-0.1, -0.05) is 41.6 Å². The Balaban J connectivity index is 0.000000469. The summed E-state index contributed by atoms with van der Waals surface area (Å²) >= 11 is 7.62. The van der Waals surface area contributed by atoms with E-state index in [9.17, 15) is 44.3 Å². The Bertz CT molecular complexity index is 1730. The number of halogens is 10. The molecule has 0 bridgehead atoms. The molecule has 0 atom stereocenters. The highest BCUT2D eigenvalue weighted by atomic mass is 35.5. The normalized spacial score (nSPS) is 15.4. The van der Waals surface area contributed by atoms with E-state index in [-0.39, 0.29) is 5.91 Å². The van der Waals surface area contributed by atoms with Crippen LogP contribution in [0.4, 0.5) is 39.5 Å². The van der Waals surface area contributed by atoms with Gasteiger partial charge in [-0.2, -0.15) is 39.5 Å². The van der Waals surface area contributed by atoms with E-state index in [1.165, 1.54) is 37.7 Å². The van der Waals surface area contributed by atoms with Crippen molar-refractivity contribution in [3.8, 4) is 11.3 Å². The first-order valence-corrected chi connectivity index (χ1v) is 18.6. The number of piperazine rings is 1. The van der Waals surface area contributed by atoms with Gasteiger partial charge in [-0.15, -0.1) is 0 Å². The lowest BCUT2D eigenvalue weighted by atomic mass is 9.96. The maximum atomic E-state index is 13.1. The molecule has 5 rings (SSSR count). The van der Waals surface area contributed by atoms with Gasteiger partial charge in [0.25, 0.3) is 5.22 Å². The predicted molar refractivity (Wildman–Crippen MR) is 193 cm³/mol. The molecule has 59 heavy (non-hydrogen) atoms. The van der Waals surface area contributed by atoms with E-state index in [1.54, 1.807) is 6.20 Å². The first-order valence-electron chi connectivity index (χ1n) is 17.2. The van der Waals surface area contributed by atoms with Crippen molar-refractivity contribution < 1.29 is 78.4 Å². The molecular formula is C35H39ClF9N5O8S. The number of alkyl halides is 9. The SMILES string of the molecule is CN1CCC(CN2CCN(C(=O)CCc3oc(SCc4ccccn4)nc3-c3ccc(Cl)cc3)CC2)CC1.O=C(O)C(F)(F)F.O=C(O)C(F)(F)F.O=C(O)C(F)(F)F.